The lowest BCUT2D eigenvalue weighted by Gasteiger charge is -2.19. The molecule has 0 bridgehead atoms. The van der Waals surface area contributed by atoms with Gasteiger partial charge in [-0.25, -0.2) is 18.0 Å². The van der Waals surface area contributed by atoms with Gasteiger partial charge in [-0.05, 0) is 56.3 Å². The van der Waals surface area contributed by atoms with Crippen LogP contribution in [0.3, 0.4) is 0 Å². The second kappa shape index (κ2) is 9.98. The standard InChI is InChI=1S/C27H19ClF6N4O3/c1-11(2)38-19-9-18(35-24(39)12-5-13(27(32,33)34)7-15(31)6-12)20-21(23(19)37(10-29)26(38)41)25(40)36-22(20)16-8-14(30)3-4-17(16)28/h3-9,11,22H,10H2,1-2H3,(H,35,39)(H,36,40). The first-order valence-electron chi connectivity index (χ1n) is 12.1. The molecule has 1 aliphatic heterocycles. The molecule has 0 aliphatic carbocycles. The summed E-state index contributed by atoms with van der Waals surface area (Å²) < 4.78 is 84.2. The second-order valence-electron chi connectivity index (χ2n) is 9.63. The molecule has 3 aromatic carbocycles. The summed E-state index contributed by atoms with van der Waals surface area (Å²) in [5, 5.41) is 5.02. The van der Waals surface area contributed by atoms with Crippen molar-refractivity contribution in [1.82, 2.24) is 14.5 Å². The van der Waals surface area contributed by atoms with Crippen LogP contribution in [0.1, 0.15) is 63.3 Å². The van der Waals surface area contributed by atoms with Gasteiger partial charge in [0.15, 0.2) is 6.80 Å². The van der Waals surface area contributed by atoms with Crippen molar-refractivity contribution < 1.29 is 35.9 Å². The van der Waals surface area contributed by atoms with E-state index in [0.717, 1.165) is 16.7 Å². The minimum Gasteiger partial charge on any atom is -0.341 e. The number of imidazole rings is 1. The topological polar surface area (TPSA) is 85.1 Å². The number of fused-ring (bicyclic) bond motifs is 3. The molecule has 4 aromatic rings. The quantitative estimate of drug-likeness (QED) is 0.264. The Bertz CT molecular complexity index is 1810. The van der Waals surface area contributed by atoms with Crippen LogP contribution < -0.4 is 16.3 Å². The van der Waals surface area contributed by atoms with E-state index in [1.54, 1.807) is 13.8 Å². The van der Waals surface area contributed by atoms with Gasteiger partial charge in [-0.2, -0.15) is 13.2 Å². The lowest BCUT2D eigenvalue weighted by Crippen LogP contribution is -2.25. The van der Waals surface area contributed by atoms with Crippen LogP contribution in [0.5, 0.6) is 0 Å². The minimum absolute atomic E-state index is 0.0181. The van der Waals surface area contributed by atoms with Gasteiger partial charge in [-0.1, -0.05) is 11.6 Å². The Morgan fingerprint density at radius 3 is 2.41 bits per heavy atom. The van der Waals surface area contributed by atoms with E-state index in [0.29, 0.717) is 12.1 Å². The summed E-state index contributed by atoms with van der Waals surface area (Å²) in [6.45, 7) is 1.93. The van der Waals surface area contributed by atoms with E-state index in [2.05, 4.69) is 10.6 Å². The Morgan fingerprint density at radius 2 is 1.78 bits per heavy atom. The zero-order valence-corrected chi connectivity index (χ0v) is 21.9. The van der Waals surface area contributed by atoms with Gasteiger partial charge in [0.05, 0.1) is 28.2 Å². The van der Waals surface area contributed by atoms with Crippen molar-refractivity contribution in [1.29, 1.82) is 0 Å². The van der Waals surface area contributed by atoms with Gasteiger partial charge in [-0.15, -0.1) is 0 Å². The molecule has 1 atom stereocenters. The normalized spacial score (nSPS) is 15.0. The third kappa shape index (κ3) is 4.73. The average Bonchev–Trinajstić information content (AvgIpc) is 3.37. The molecular formula is C27H19ClF6N4O3. The maximum atomic E-state index is 14.2. The van der Waals surface area contributed by atoms with E-state index in [1.165, 1.54) is 16.7 Å². The van der Waals surface area contributed by atoms with E-state index in [-0.39, 0.29) is 44.5 Å². The molecule has 7 nitrogen and oxygen atoms in total. The summed E-state index contributed by atoms with van der Waals surface area (Å²) in [6, 6.07) is 4.09. The summed E-state index contributed by atoms with van der Waals surface area (Å²) >= 11 is 6.30. The highest BCUT2D eigenvalue weighted by atomic mass is 35.5. The fourth-order valence-corrected chi connectivity index (χ4v) is 5.25. The monoisotopic (exact) mass is 596 g/mol. The molecule has 0 saturated carbocycles. The van der Waals surface area contributed by atoms with Crippen molar-refractivity contribution in [2.45, 2.75) is 38.9 Å². The van der Waals surface area contributed by atoms with Crippen molar-refractivity contribution in [2.24, 2.45) is 0 Å². The van der Waals surface area contributed by atoms with E-state index in [1.807, 2.05) is 0 Å². The Labute approximate surface area is 232 Å². The lowest BCUT2D eigenvalue weighted by molar-refractivity contribution is -0.137. The van der Waals surface area contributed by atoms with Gasteiger partial charge in [0, 0.05) is 33.4 Å². The van der Waals surface area contributed by atoms with Gasteiger partial charge in [0.1, 0.15) is 11.6 Å². The van der Waals surface area contributed by atoms with Crippen molar-refractivity contribution in [3.8, 4) is 0 Å². The number of carbonyl (C=O) groups is 2. The first-order chi connectivity index (χ1) is 19.2. The van der Waals surface area contributed by atoms with E-state index in [4.69, 9.17) is 11.6 Å². The number of halogens is 7. The summed E-state index contributed by atoms with van der Waals surface area (Å²) in [7, 11) is 0. The number of alkyl halides is 4. The molecule has 0 spiro atoms. The van der Waals surface area contributed by atoms with Gasteiger partial charge < -0.3 is 10.6 Å². The average molecular weight is 597 g/mol. The van der Waals surface area contributed by atoms with Gasteiger partial charge in [0.2, 0.25) is 0 Å². The Hall–Kier alpha value is -4.26. The zero-order valence-electron chi connectivity index (χ0n) is 21.2. The summed E-state index contributed by atoms with van der Waals surface area (Å²) in [5.41, 5.74) is -3.37. The smallest absolute Gasteiger partial charge is 0.341 e. The van der Waals surface area contributed by atoms with Crippen LogP contribution in [-0.2, 0) is 13.0 Å². The molecule has 214 valence electrons. The highest BCUT2D eigenvalue weighted by molar-refractivity contribution is 6.31. The van der Waals surface area contributed by atoms with Crippen LogP contribution in [0, 0.1) is 11.6 Å². The predicted octanol–water partition coefficient (Wildman–Crippen LogP) is 6.35. The summed E-state index contributed by atoms with van der Waals surface area (Å²) in [4.78, 5) is 39.6. The molecule has 0 fully saturated rings. The molecule has 14 heteroatoms. The molecule has 0 saturated heterocycles. The molecule has 41 heavy (non-hydrogen) atoms. The highest BCUT2D eigenvalue weighted by Gasteiger charge is 2.39. The Kier molecular flexibility index (Phi) is 6.88. The second-order valence-corrected chi connectivity index (χ2v) is 10.0. The number of nitrogens with one attached hydrogen (secondary N) is 2. The maximum absolute atomic E-state index is 14.2. The number of rotatable bonds is 5. The largest absolute Gasteiger partial charge is 0.416 e. The maximum Gasteiger partial charge on any atom is 0.416 e. The fraction of sp³-hybridized carbons (Fsp3) is 0.222. The zero-order chi connectivity index (χ0) is 30.0. The first-order valence-corrected chi connectivity index (χ1v) is 12.4. The third-order valence-corrected chi connectivity index (χ3v) is 7.06. The van der Waals surface area contributed by atoms with Crippen molar-refractivity contribution in [3.05, 3.63) is 97.4 Å². The Balaban J connectivity index is 1.79. The number of hydrogen-bond acceptors (Lipinski definition) is 3. The predicted molar refractivity (Wildman–Crippen MR) is 138 cm³/mol. The van der Waals surface area contributed by atoms with Crippen LogP contribution in [0.2, 0.25) is 5.02 Å². The molecule has 2 heterocycles. The van der Waals surface area contributed by atoms with Crippen molar-refractivity contribution in [2.75, 3.05) is 5.32 Å². The first kappa shape index (κ1) is 28.3. The van der Waals surface area contributed by atoms with E-state index in [9.17, 15) is 40.7 Å². The molecule has 5 rings (SSSR count). The van der Waals surface area contributed by atoms with Crippen LogP contribution in [-0.4, -0.2) is 20.9 Å². The lowest BCUT2D eigenvalue weighted by atomic mass is 9.95. The molecular weight excluding hydrogens is 578 g/mol. The molecule has 2 amide bonds. The third-order valence-electron chi connectivity index (χ3n) is 6.72. The number of carbonyl (C=O) groups excluding carboxylic acids is 2. The number of anilines is 1. The molecule has 0 radical (unpaired) electrons. The number of amides is 2. The van der Waals surface area contributed by atoms with Gasteiger partial charge in [-0.3, -0.25) is 18.7 Å². The highest BCUT2D eigenvalue weighted by Crippen LogP contribution is 2.43. The van der Waals surface area contributed by atoms with Crippen molar-refractivity contribution in [3.63, 3.8) is 0 Å². The fourth-order valence-electron chi connectivity index (χ4n) is 5.03. The van der Waals surface area contributed by atoms with Gasteiger partial charge in [0.25, 0.3) is 11.8 Å². The number of nitrogens with zero attached hydrogens (tertiary/aromatic N) is 2. The van der Waals surface area contributed by atoms with Crippen LogP contribution >= 0.6 is 11.6 Å². The van der Waals surface area contributed by atoms with E-state index >= 15 is 0 Å². The number of aromatic nitrogens is 2. The molecule has 1 aliphatic rings. The number of hydrogen-bond donors (Lipinski definition) is 2. The van der Waals surface area contributed by atoms with Crippen LogP contribution in [0.15, 0.2) is 47.3 Å². The minimum atomic E-state index is -4.95. The Morgan fingerprint density at radius 1 is 1.07 bits per heavy atom. The molecule has 1 aromatic heterocycles. The van der Waals surface area contributed by atoms with Crippen LogP contribution in [0.25, 0.3) is 11.0 Å². The number of benzene rings is 3. The van der Waals surface area contributed by atoms with Gasteiger partial charge >= 0.3 is 11.9 Å². The van der Waals surface area contributed by atoms with E-state index < -0.39 is 65.3 Å². The molecule has 2 N–H and O–H groups in total. The van der Waals surface area contributed by atoms with Crippen LogP contribution in [0.4, 0.5) is 32.0 Å². The molecule has 1 unspecified atom stereocenters. The summed E-state index contributed by atoms with van der Waals surface area (Å²) in [6.07, 6.45) is -4.95. The SMILES string of the molecule is CC(C)n1c(=O)n(CF)c2c3c(c(NC(=O)c4cc(F)cc(C(F)(F)F)c4)cc21)C(c1cc(F)ccc1Cl)NC3=O. The summed E-state index contributed by atoms with van der Waals surface area (Å²) in [5.74, 6) is -4.02. The van der Waals surface area contributed by atoms with Crippen molar-refractivity contribution >= 4 is 40.1 Å².